The van der Waals surface area contributed by atoms with Gasteiger partial charge in [-0.3, -0.25) is 0 Å². The second kappa shape index (κ2) is 3.58. The van der Waals surface area contributed by atoms with Gasteiger partial charge in [0.05, 0.1) is 0 Å². The highest BCUT2D eigenvalue weighted by atomic mass is 35.7. The minimum Gasteiger partial charge on any atom is -0.167 e. The summed E-state index contributed by atoms with van der Waals surface area (Å²) in [6, 6.07) is 3.40. The first kappa shape index (κ1) is 10.4. The molecule has 0 aromatic carbocycles. The third kappa shape index (κ3) is 2.92. The number of halogens is 3. The van der Waals surface area contributed by atoms with E-state index in [0.717, 1.165) is 17.8 Å². The molecule has 5 heteroatoms. The minimum absolute atomic E-state index is 1.00. The van der Waals surface area contributed by atoms with Gasteiger partial charge in [0.15, 0.2) is 7.38 Å². The van der Waals surface area contributed by atoms with Gasteiger partial charge in [-0.05, 0) is 23.8 Å². The van der Waals surface area contributed by atoms with E-state index in [2.05, 4.69) is 6.92 Å². The van der Waals surface area contributed by atoms with Gasteiger partial charge in [0.25, 0.3) is 0 Å². The Labute approximate surface area is 84.3 Å². The zero-order valence-corrected chi connectivity index (χ0v) is 10.9. The van der Waals surface area contributed by atoms with Crippen molar-refractivity contribution in [1.82, 2.24) is 0 Å². The fourth-order valence-electron chi connectivity index (χ4n) is 1.61. The topological polar surface area (TPSA) is 0 Å². The first-order valence-corrected chi connectivity index (χ1v) is 12.1. The van der Waals surface area contributed by atoms with Crippen LogP contribution in [0.2, 0.25) is 23.8 Å². The Bertz CT molecular complexity index is 151. The van der Waals surface area contributed by atoms with Gasteiger partial charge in [-0.2, -0.15) is 11.1 Å². The summed E-state index contributed by atoms with van der Waals surface area (Å²) in [5.74, 6) is 0. The molecule has 1 unspecified atom stereocenters. The monoisotopic (exact) mass is 246 g/mol. The highest BCUT2D eigenvalue weighted by Gasteiger charge is 2.44. The van der Waals surface area contributed by atoms with E-state index in [1.165, 1.54) is 12.5 Å². The Morgan fingerprint density at radius 2 is 1.82 bits per heavy atom. The molecular weight excluding hydrogens is 235 g/mol. The lowest BCUT2D eigenvalue weighted by Gasteiger charge is -2.33. The Hall–Kier alpha value is 1.30. The molecular formula is C6H13Cl3Si2. The molecule has 66 valence electrons. The lowest BCUT2D eigenvalue weighted by molar-refractivity contribution is 0.999. The molecule has 0 spiro atoms. The predicted molar refractivity (Wildman–Crippen MR) is 58.6 cm³/mol. The number of rotatable bonds is 1. The minimum atomic E-state index is -1.87. The summed E-state index contributed by atoms with van der Waals surface area (Å²) in [6.07, 6.45) is 1.17. The third-order valence-corrected chi connectivity index (χ3v) is 16.7. The summed E-state index contributed by atoms with van der Waals surface area (Å²) in [5, 5.41) is 0. The predicted octanol–water partition coefficient (Wildman–Crippen LogP) is 4.05. The summed E-state index contributed by atoms with van der Waals surface area (Å²) in [4.78, 5) is 0. The van der Waals surface area contributed by atoms with Gasteiger partial charge in [0.2, 0.25) is 6.69 Å². The zero-order chi connectivity index (χ0) is 8.54. The van der Waals surface area contributed by atoms with Crippen molar-refractivity contribution in [3.8, 4) is 0 Å². The first-order chi connectivity index (χ1) is 4.97. The van der Waals surface area contributed by atoms with E-state index in [1.54, 1.807) is 0 Å². The van der Waals surface area contributed by atoms with Gasteiger partial charge < -0.3 is 0 Å². The Morgan fingerprint density at radius 3 is 2.18 bits per heavy atom. The van der Waals surface area contributed by atoms with E-state index in [0.29, 0.717) is 0 Å². The molecule has 0 N–H and O–H groups in total. The van der Waals surface area contributed by atoms with Crippen LogP contribution in [0.1, 0.15) is 13.3 Å². The van der Waals surface area contributed by atoms with Crippen LogP contribution in [0.15, 0.2) is 0 Å². The average Bonchev–Trinajstić information content (AvgIpc) is 1.85. The molecule has 1 rings (SSSR count). The van der Waals surface area contributed by atoms with Crippen LogP contribution < -0.4 is 0 Å². The van der Waals surface area contributed by atoms with E-state index >= 15 is 0 Å². The normalized spacial score (nSPS) is 37.1. The van der Waals surface area contributed by atoms with Crippen molar-refractivity contribution < 1.29 is 0 Å². The maximum absolute atomic E-state index is 6.45. The lowest BCUT2D eigenvalue weighted by Crippen LogP contribution is -2.40. The van der Waals surface area contributed by atoms with E-state index in [1.807, 2.05) is 0 Å². The van der Waals surface area contributed by atoms with Crippen LogP contribution in [0.3, 0.4) is 0 Å². The van der Waals surface area contributed by atoms with Crippen molar-refractivity contribution >= 4 is 47.3 Å². The molecule has 1 saturated heterocycles. The summed E-state index contributed by atoms with van der Waals surface area (Å²) < 4.78 is 0. The molecule has 1 heterocycles. The van der Waals surface area contributed by atoms with Gasteiger partial charge in [-0.1, -0.05) is 13.3 Å². The van der Waals surface area contributed by atoms with E-state index < -0.39 is 14.1 Å². The van der Waals surface area contributed by atoms with E-state index in [-0.39, 0.29) is 0 Å². The van der Waals surface area contributed by atoms with Gasteiger partial charge in [0, 0.05) is 0 Å². The Morgan fingerprint density at radius 1 is 1.18 bits per heavy atom. The summed E-state index contributed by atoms with van der Waals surface area (Å²) in [7, 11) is -1.48. The van der Waals surface area contributed by atoms with E-state index in [4.69, 9.17) is 33.2 Å². The molecule has 0 aliphatic carbocycles. The van der Waals surface area contributed by atoms with Crippen LogP contribution >= 0.6 is 33.2 Å². The van der Waals surface area contributed by atoms with Gasteiger partial charge in [-0.15, -0.1) is 22.2 Å². The summed E-state index contributed by atoms with van der Waals surface area (Å²) in [5.41, 5.74) is 1.00. The highest BCUT2D eigenvalue weighted by molar-refractivity contribution is 7.50. The molecule has 1 aliphatic rings. The fourth-order valence-corrected chi connectivity index (χ4v) is 19.0. The Kier molecular flexibility index (Phi) is 3.38. The average molecular weight is 248 g/mol. The van der Waals surface area contributed by atoms with Crippen LogP contribution in [-0.2, 0) is 0 Å². The van der Waals surface area contributed by atoms with Crippen molar-refractivity contribution in [3.63, 3.8) is 0 Å². The molecule has 0 aromatic heterocycles. The smallest absolute Gasteiger partial charge is 0.167 e. The largest absolute Gasteiger partial charge is 0.250 e. The van der Waals surface area contributed by atoms with Crippen molar-refractivity contribution in [3.05, 3.63) is 0 Å². The van der Waals surface area contributed by atoms with Crippen molar-refractivity contribution in [2.45, 2.75) is 37.1 Å². The first-order valence-electron chi connectivity index (χ1n) is 4.04. The van der Waals surface area contributed by atoms with Gasteiger partial charge in [-0.25, -0.2) is 0 Å². The number of hydrogen-bond acceptors (Lipinski definition) is 0. The molecule has 1 fully saturated rings. The highest BCUT2D eigenvalue weighted by Crippen LogP contribution is 2.43. The van der Waals surface area contributed by atoms with Crippen molar-refractivity contribution in [2.24, 2.45) is 0 Å². The fraction of sp³-hybridized carbons (Fsp3) is 1.00. The van der Waals surface area contributed by atoms with E-state index in [9.17, 15) is 0 Å². The molecule has 1 atom stereocenters. The second-order valence-electron chi connectivity index (χ2n) is 3.39. The quantitative estimate of drug-likeness (QED) is 0.484. The van der Waals surface area contributed by atoms with Crippen LogP contribution in [0, 0.1) is 0 Å². The standard InChI is InChI=1S/C6H13Cl3Si2/c1-2-10(7)4-3-5-11(8,9)6-10/h2-6H2,1H3. The summed E-state index contributed by atoms with van der Waals surface area (Å²) >= 11 is 18.8. The zero-order valence-electron chi connectivity index (χ0n) is 6.67. The van der Waals surface area contributed by atoms with Crippen LogP contribution in [0.5, 0.6) is 0 Å². The second-order valence-corrected chi connectivity index (χ2v) is 17.9. The Balaban J connectivity index is 2.59. The van der Waals surface area contributed by atoms with Crippen LogP contribution in [0.25, 0.3) is 0 Å². The lowest BCUT2D eigenvalue weighted by atomic mass is 10.6. The third-order valence-electron chi connectivity index (χ3n) is 2.38. The number of hydrogen-bond donors (Lipinski definition) is 0. The molecule has 0 nitrogen and oxygen atoms in total. The molecule has 11 heavy (non-hydrogen) atoms. The SMILES string of the molecule is CC[Si]1(Cl)CCC[Si](Cl)(Cl)C1. The molecule has 0 amide bonds. The van der Waals surface area contributed by atoms with Crippen LogP contribution in [0.4, 0.5) is 0 Å². The summed E-state index contributed by atoms with van der Waals surface area (Å²) in [6.45, 7) is 0.297. The van der Waals surface area contributed by atoms with Crippen LogP contribution in [-0.4, -0.2) is 14.1 Å². The van der Waals surface area contributed by atoms with Gasteiger partial charge >= 0.3 is 0 Å². The van der Waals surface area contributed by atoms with Crippen molar-refractivity contribution in [1.29, 1.82) is 0 Å². The van der Waals surface area contributed by atoms with Gasteiger partial charge in [0.1, 0.15) is 0 Å². The maximum atomic E-state index is 6.45. The van der Waals surface area contributed by atoms with Crippen molar-refractivity contribution in [2.75, 3.05) is 0 Å². The molecule has 1 aliphatic heterocycles. The molecule has 0 bridgehead atoms. The maximum Gasteiger partial charge on any atom is 0.250 e. The molecule has 0 saturated carbocycles. The molecule has 0 radical (unpaired) electrons. The molecule has 0 aromatic rings.